The van der Waals surface area contributed by atoms with Gasteiger partial charge in [-0.1, -0.05) is 90.0 Å². The Morgan fingerprint density at radius 1 is 0.800 bits per heavy atom. The first-order chi connectivity index (χ1) is 14.5. The normalized spacial score (nSPS) is 10.7. The molecule has 0 N–H and O–H groups in total. The van der Waals surface area contributed by atoms with Gasteiger partial charge >= 0.3 is 17.3 Å². The second kappa shape index (κ2) is 15.3. The maximum Gasteiger partial charge on any atom is 0.388 e. The van der Waals surface area contributed by atoms with E-state index in [1.807, 2.05) is 0 Å². The molecule has 0 aromatic heterocycles. The van der Waals surface area contributed by atoms with E-state index < -0.39 is 27.2 Å². The molecule has 0 spiro atoms. The third-order valence-corrected chi connectivity index (χ3v) is 5.07. The van der Waals surface area contributed by atoms with E-state index >= 15 is 0 Å². The summed E-state index contributed by atoms with van der Waals surface area (Å²) in [5.74, 6) is -0.990. The SMILES string of the molecule is CCCCCCCCCCCCCCCC(=O)Oc1cccc([N+](=O)[O-])c1[N+](=O)[O-]. The van der Waals surface area contributed by atoms with Crippen molar-refractivity contribution in [2.45, 2.75) is 96.8 Å². The smallest absolute Gasteiger partial charge is 0.388 e. The minimum atomic E-state index is -0.897. The summed E-state index contributed by atoms with van der Waals surface area (Å²) in [5.41, 5.74) is -1.48. The first-order valence-corrected chi connectivity index (χ1v) is 11.1. The van der Waals surface area contributed by atoms with Crippen LogP contribution in [0.1, 0.15) is 96.8 Å². The van der Waals surface area contributed by atoms with Crippen molar-refractivity contribution in [1.29, 1.82) is 0 Å². The Morgan fingerprint density at radius 3 is 1.77 bits per heavy atom. The molecule has 0 aliphatic rings. The number of esters is 1. The lowest BCUT2D eigenvalue weighted by Gasteiger charge is -2.05. The summed E-state index contributed by atoms with van der Waals surface area (Å²) < 4.78 is 5.02. The van der Waals surface area contributed by atoms with Crippen LogP contribution in [-0.2, 0) is 4.79 Å². The summed E-state index contributed by atoms with van der Waals surface area (Å²) in [7, 11) is 0. The minimum absolute atomic E-state index is 0.137. The van der Waals surface area contributed by atoms with Gasteiger partial charge in [0.2, 0.25) is 5.75 Å². The number of para-hydroxylation sites is 1. The molecule has 168 valence electrons. The molecule has 1 aromatic carbocycles. The van der Waals surface area contributed by atoms with Gasteiger partial charge in [0.1, 0.15) is 0 Å². The van der Waals surface area contributed by atoms with Crippen molar-refractivity contribution in [2.75, 3.05) is 0 Å². The van der Waals surface area contributed by atoms with Gasteiger partial charge in [0.15, 0.2) is 0 Å². The highest BCUT2D eigenvalue weighted by Crippen LogP contribution is 2.36. The lowest BCUT2D eigenvalue weighted by Crippen LogP contribution is -2.09. The maximum absolute atomic E-state index is 12.0. The van der Waals surface area contributed by atoms with E-state index in [1.165, 1.54) is 69.9 Å². The molecule has 0 aliphatic carbocycles. The number of nitro groups is 2. The van der Waals surface area contributed by atoms with Gasteiger partial charge in [-0.05, 0) is 12.5 Å². The fraction of sp³-hybridized carbons (Fsp3) is 0.682. The molecule has 0 unspecified atom stereocenters. The molecule has 30 heavy (non-hydrogen) atoms. The van der Waals surface area contributed by atoms with E-state index in [-0.39, 0.29) is 12.2 Å². The third kappa shape index (κ3) is 10.3. The number of nitrogens with zero attached hydrogens (tertiary/aromatic N) is 2. The zero-order valence-corrected chi connectivity index (χ0v) is 18.0. The van der Waals surface area contributed by atoms with Gasteiger partial charge in [-0.25, -0.2) is 0 Å². The van der Waals surface area contributed by atoms with E-state index in [2.05, 4.69) is 6.92 Å². The van der Waals surface area contributed by atoms with Gasteiger partial charge < -0.3 is 4.74 Å². The average molecular weight is 423 g/mol. The molecule has 0 fully saturated rings. The Bertz CT molecular complexity index is 678. The van der Waals surface area contributed by atoms with Crippen LogP contribution < -0.4 is 4.74 Å². The van der Waals surface area contributed by atoms with Gasteiger partial charge in [-0.2, -0.15) is 0 Å². The quantitative estimate of drug-likeness (QED) is 0.0888. The summed E-state index contributed by atoms with van der Waals surface area (Å²) >= 11 is 0. The van der Waals surface area contributed by atoms with Gasteiger partial charge in [0.25, 0.3) is 0 Å². The number of carbonyl (C=O) groups is 1. The van der Waals surface area contributed by atoms with Crippen molar-refractivity contribution in [3.63, 3.8) is 0 Å². The van der Waals surface area contributed by atoms with Crippen LogP contribution in [0.5, 0.6) is 5.75 Å². The predicted molar refractivity (Wildman–Crippen MR) is 116 cm³/mol. The molecule has 0 bridgehead atoms. The second-order valence-electron chi connectivity index (χ2n) is 7.60. The number of hydrogen-bond donors (Lipinski definition) is 0. The van der Waals surface area contributed by atoms with Crippen molar-refractivity contribution in [1.82, 2.24) is 0 Å². The van der Waals surface area contributed by atoms with E-state index in [1.54, 1.807) is 0 Å². The summed E-state index contributed by atoms with van der Waals surface area (Å²) in [6.45, 7) is 2.23. The molecule has 8 nitrogen and oxygen atoms in total. The Hall–Kier alpha value is -2.51. The van der Waals surface area contributed by atoms with Crippen LogP contribution >= 0.6 is 0 Å². The number of rotatable bonds is 17. The lowest BCUT2D eigenvalue weighted by atomic mass is 10.0. The molecule has 1 rings (SSSR count). The molecule has 0 amide bonds. The molecule has 0 aliphatic heterocycles. The number of nitro benzene ring substituents is 2. The second-order valence-corrected chi connectivity index (χ2v) is 7.60. The summed E-state index contributed by atoms with van der Waals surface area (Å²) in [6.07, 6.45) is 15.6. The minimum Gasteiger partial charge on any atom is -0.419 e. The molecule has 0 saturated heterocycles. The van der Waals surface area contributed by atoms with Crippen LogP contribution in [0.15, 0.2) is 18.2 Å². The Morgan fingerprint density at radius 2 is 1.30 bits per heavy atom. The molecular weight excluding hydrogens is 388 g/mol. The first-order valence-electron chi connectivity index (χ1n) is 11.1. The zero-order valence-electron chi connectivity index (χ0n) is 18.0. The maximum atomic E-state index is 12.0. The highest BCUT2D eigenvalue weighted by molar-refractivity contribution is 5.75. The van der Waals surface area contributed by atoms with Crippen molar-refractivity contribution < 1.29 is 19.4 Å². The summed E-state index contributed by atoms with van der Waals surface area (Å²) in [5, 5.41) is 22.1. The van der Waals surface area contributed by atoms with Crippen LogP contribution in [0.3, 0.4) is 0 Å². The fourth-order valence-corrected chi connectivity index (χ4v) is 3.38. The van der Waals surface area contributed by atoms with E-state index in [9.17, 15) is 25.0 Å². The summed E-state index contributed by atoms with van der Waals surface area (Å²) in [6, 6.07) is 3.48. The number of benzene rings is 1. The first kappa shape index (κ1) is 25.5. The van der Waals surface area contributed by atoms with E-state index in [0.29, 0.717) is 6.42 Å². The standard InChI is InChI=1S/C22H34N2O6/c1-2-3-4-5-6-7-8-9-10-11-12-13-14-18-21(25)30-20-17-15-16-19(23(26)27)22(20)24(28)29/h15-17H,2-14,18H2,1H3. The zero-order chi connectivity index (χ0) is 22.2. The largest absolute Gasteiger partial charge is 0.419 e. The van der Waals surface area contributed by atoms with E-state index in [0.717, 1.165) is 25.3 Å². The molecule has 1 aromatic rings. The number of carbonyl (C=O) groups excluding carboxylic acids is 1. The Kier molecular flexibility index (Phi) is 13.1. The Balaban J connectivity index is 2.17. The lowest BCUT2D eigenvalue weighted by molar-refractivity contribution is -0.423. The number of unbranched alkanes of at least 4 members (excludes halogenated alkanes) is 12. The predicted octanol–water partition coefficient (Wildman–Crippen LogP) is 6.89. The molecule has 0 saturated carbocycles. The molecule has 0 radical (unpaired) electrons. The molecule has 0 heterocycles. The topological polar surface area (TPSA) is 113 Å². The van der Waals surface area contributed by atoms with Gasteiger partial charge in [0, 0.05) is 12.5 Å². The summed E-state index contributed by atoms with van der Waals surface area (Å²) in [4.78, 5) is 32.3. The van der Waals surface area contributed by atoms with Crippen LogP contribution in [0.4, 0.5) is 11.4 Å². The van der Waals surface area contributed by atoms with Gasteiger partial charge in [0.05, 0.1) is 9.85 Å². The van der Waals surface area contributed by atoms with Crippen molar-refractivity contribution in [3.8, 4) is 5.75 Å². The molecule has 0 atom stereocenters. The van der Waals surface area contributed by atoms with Gasteiger partial charge in [-0.15, -0.1) is 0 Å². The van der Waals surface area contributed by atoms with Crippen LogP contribution in [-0.4, -0.2) is 15.8 Å². The molecular formula is C22H34N2O6. The fourth-order valence-electron chi connectivity index (χ4n) is 3.38. The van der Waals surface area contributed by atoms with Crippen molar-refractivity contribution >= 4 is 17.3 Å². The average Bonchev–Trinajstić information content (AvgIpc) is 2.71. The third-order valence-electron chi connectivity index (χ3n) is 5.07. The van der Waals surface area contributed by atoms with Gasteiger partial charge in [-0.3, -0.25) is 25.0 Å². The van der Waals surface area contributed by atoms with Crippen molar-refractivity contribution in [2.24, 2.45) is 0 Å². The highest BCUT2D eigenvalue weighted by atomic mass is 16.6. The number of hydrogen-bond acceptors (Lipinski definition) is 6. The van der Waals surface area contributed by atoms with Crippen molar-refractivity contribution in [3.05, 3.63) is 38.4 Å². The van der Waals surface area contributed by atoms with E-state index in [4.69, 9.17) is 4.74 Å². The Labute approximate surface area is 178 Å². The highest BCUT2D eigenvalue weighted by Gasteiger charge is 2.30. The van der Waals surface area contributed by atoms with Crippen LogP contribution in [0, 0.1) is 20.2 Å². The van der Waals surface area contributed by atoms with Crippen LogP contribution in [0.2, 0.25) is 0 Å². The monoisotopic (exact) mass is 422 g/mol. The molecule has 8 heteroatoms. The number of ether oxygens (including phenoxy) is 1. The van der Waals surface area contributed by atoms with Crippen LogP contribution in [0.25, 0.3) is 0 Å².